The maximum absolute atomic E-state index is 12.8. The summed E-state index contributed by atoms with van der Waals surface area (Å²) < 4.78 is 29.1. The number of aryl methyl sites for hydroxylation is 1. The molecule has 9 nitrogen and oxygen atoms in total. The Hall–Kier alpha value is -2.79. The van der Waals surface area contributed by atoms with Crippen molar-refractivity contribution in [2.75, 3.05) is 11.9 Å². The fourth-order valence-corrected chi connectivity index (χ4v) is 4.53. The average Bonchev–Trinajstić information content (AvgIpc) is 2.77. The van der Waals surface area contributed by atoms with Crippen molar-refractivity contribution in [3.05, 3.63) is 80.4 Å². The van der Waals surface area contributed by atoms with Gasteiger partial charge in [0.2, 0.25) is 15.9 Å². The van der Waals surface area contributed by atoms with Gasteiger partial charge in [-0.1, -0.05) is 35.3 Å². The van der Waals surface area contributed by atoms with Gasteiger partial charge in [0.15, 0.2) is 5.15 Å². The number of halogens is 2. The molecule has 1 atom stereocenters. The molecular formula is C21H21Cl2N5O4S. The lowest BCUT2D eigenvalue weighted by Gasteiger charge is -2.16. The van der Waals surface area contributed by atoms with E-state index >= 15 is 0 Å². The Bertz CT molecular complexity index is 1330. The molecule has 174 valence electrons. The Balaban J connectivity index is 1.74. The van der Waals surface area contributed by atoms with Crippen LogP contribution in [-0.4, -0.2) is 35.6 Å². The summed E-state index contributed by atoms with van der Waals surface area (Å²) in [5.41, 5.74) is 0.916. The Morgan fingerprint density at radius 1 is 1.18 bits per heavy atom. The Morgan fingerprint density at radius 3 is 2.64 bits per heavy atom. The Kier molecular flexibility index (Phi) is 7.85. The monoisotopic (exact) mass is 509 g/mol. The fraction of sp³-hybridized carbons (Fsp3) is 0.238. The molecule has 0 aliphatic rings. The second-order valence-electron chi connectivity index (χ2n) is 7.18. The first-order valence-electron chi connectivity index (χ1n) is 9.84. The molecule has 3 aromatic rings. The van der Waals surface area contributed by atoms with Gasteiger partial charge in [-0.25, -0.2) is 17.8 Å². The van der Waals surface area contributed by atoms with Crippen molar-refractivity contribution in [2.45, 2.75) is 31.2 Å². The van der Waals surface area contributed by atoms with Gasteiger partial charge in [0.25, 0.3) is 5.56 Å². The van der Waals surface area contributed by atoms with E-state index in [1.165, 1.54) is 13.0 Å². The second-order valence-corrected chi connectivity index (χ2v) is 9.68. The molecule has 1 amide bonds. The number of nitrogens with zero attached hydrogens (tertiary/aromatic N) is 3. The number of hydrogen-bond acceptors (Lipinski definition) is 6. The maximum Gasteiger partial charge on any atom is 0.269 e. The minimum Gasteiger partial charge on any atom is -0.324 e. The van der Waals surface area contributed by atoms with Gasteiger partial charge in [0.05, 0.1) is 9.92 Å². The van der Waals surface area contributed by atoms with E-state index in [0.29, 0.717) is 12.0 Å². The molecule has 0 bridgehead atoms. The highest BCUT2D eigenvalue weighted by atomic mass is 35.5. The van der Waals surface area contributed by atoms with Crippen LogP contribution >= 0.6 is 23.2 Å². The van der Waals surface area contributed by atoms with Crippen molar-refractivity contribution in [3.8, 4) is 0 Å². The number of rotatable bonds is 8. The molecule has 33 heavy (non-hydrogen) atoms. The van der Waals surface area contributed by atoms with Crippen molar-refractivity contribution in [1.82, 2.24) is 19.5 Å². The Morgan fingerprint density at radius 2 is 1.94 bits per heavy atom. The molecule has 0 spiro atoms. The number of pyridine rings is 1. The van der Waals surface area contributed by atoms with Crippen molar-refractivity contribution in [2.24, 2.45) is 0 Å². The molecule has 2 heterocycles. The molecule has 0 radical (unpaired) electrons. The van der Waals surface area contributed by atoms with E-state index in [2.05, 4.69) is 20.1 Å². The van der Waals surface area contributed by atoms with Gasteiger partial charge in [-0.05, 0) is 43.7 Å². The van der Waals surface area contributed by atoms with Crippen LogP contribution in [0, 0.1) is 6.92 Å². The molecule has 3 rings (SSSR count). The fourth-order valence-electron chi connectivity index (χ4n) is 2.97. The predicted octanol–water partition coefficient (Wildman–Crippen LogP) is 2.97. The summed E-state index contributed by atoms with van der Waals surface area (Å²) in [6.45, 7) is 3.28. The van der Waals surface area contributed by atoms with E-state index in [1.807, 2.05) is 12.1 Å². The van der Waals surface area contributed by atoms with Crippen LogP contribution in [0.25, 0.3) is 0 Å². The molecule has 0 aliphatic carbocycles. The summed E-state index contributed by atoms with van der Waals surface area (Å²) in [7, 11) is -3.84. The minimum absolute atomic E-state index is 0.0190. The number of sulfonamides is 1. The lowest BCUT2D eigenvalue weighted by Crippen LogP contribution is -2.33. The van der Waals surface area contributed by atoms with Crippen molar-refractivity contribution < 1.29 is 13.2 Å². The van der Waals surface area contributed by atoms with Gasteiger partial charge in [-0.15, -0.1) is 0 Å². The predicted molar refractivity (Wildman–Crippen MR) is 126 cm³/mol. The van der Waals surface area contributed by atoms with Gasteiger partial charge < -0.3 is 5.32 Å². The molecule has 0 saturated heterocycles. The molecule has 0 unspecified atom stereocenters. The zero-order valence-electron chi connectivity index (χ0n) is 17.7. The number of hydrogen-bond donors (Lipinski definition) is 2. The smallest absolute Gasteiger partial charge is 0.269 e. The zero-order valence-corrected chi connectivity index (χ0v) is 20.1. The molecule has 0 aliphatic heterocycles. The number of carbonyl (C=O) groups is 1. The molecule has 2 N–H and O–H groups in total. The van der Waals surface area contributed by atoms with Crippen molar-refractivity contribution >= 4 is 44.8 Å². The van der Waals surface area contributed by atoms with Crippen molar-refractivity contribution in [3.63, 3.8) is 0 Å². The number of nitrogens with one attached hydrogen (secondary N) is 2. The van der Waals surface area contributed by atoms with E-state index in [-0.39, 0.29) is 27.3 Å². The third-order valence-corrected chi connectivity index (χ3v) is 7.03. The number of carbonyl (C=O) groups excluding carboxylic acids is 1. The third kappa shape index (κ3) is 6.17. The topological polar surface area (TPSA) is 123 Å². The van der Waals surface area contributed by atoms with E-state index in [9.17, 15) is 18.0 Å². The van der Waals surface area contributed by atoms with Crippen LogP contribution in [0.4, 0.5) is 5.69 Å². The van der Waals surface area contributed by atoms with Crippen LogP contribution in [0.3, 0.4) is 0 Å². The van der Waals surface area contributed by atoms with E-state index < -0.39 is 27.5 Å². The summed E-state index contributed by atoms with van der Waals surface area (Å²) in [6.07, 6.45) is 2.07. The zero-order chi connectivity index (χ0) is 24.2. The van der Waals surface area contributed by atoms with Gasteiger partial charge in [-0.2, -0.15) is 5.10 Å². The number of aromatic nitrogens is 3. The highest BCUT2D eigenvalue weighted by Gasteiger charge is 2.21. The first kappa shape index (κ1) is 24.8. The quantitative estimate of drug-likeness (QED) is 0.481. The van der Waals surface area contributed by atoms with Crippen LogP contribution in [0.1, 0.15) is 24.2 Å². The molecule has 2 aromatic heterocycles. The van der Waals surface area contributed by atoms with E-state index in [0.717, 1.165) is 16.4 Å². The minimum atomic E-state index is -3.84. The molecule has 12 heteroatoms. The van der Waals surface area contributed by atoms with E-state index in [4.69, 9.17) is 23.2 Å². The van der Waals surface area contributed by atoms with Crippen LogP contribution in [0.2, 0.25) is 10.2 Å². The molecule has 0 saturated carbocycles. The second kappa shape index (κ2) is 10.4. The highest BCUT2D eigenvalue weighted by molar-refractivity contribution is 7.89. The SMILES string of the molecule is Cc1ccc(NC(=O)[C@@H](C)n2nc(Cl)c(Cl)cc2=O)cc1S(=O)(=O)NCCc1ccccn1. The molecule has 0 fully saturated rings. The van der Waals surface area contributed by atoms with Crippen LogP contribution < -0.4 is 15.6 Å². The standard InChI is InChI=1S/C21H21Cl2N5O4S/c1-13-6-7-16(26-21(30)14(2)28-19(29)12-17(22)20(23)27-28)11-18(13)33(31,32)25-10-8-15-5-3-4-9-24-15/h3-7,9,11-12,14,25H,8,10H2,1-2H3,(H,26,30)/t14-/m1/s1. The van der Waals surface area contributed by atoms with Gasteiger partial charge in [0, 0.05) is 36.6 Å². The largest absolute Gasteiger partial charge is 0.324 e. The number of anilines is 1. The first-order chi connectivity index (χ1) is 15.6. The third-order valence-electron chi connectivity index (χ3n) is 4.76. The lowest BCUT2D eigenvalue weighted by atomic mass is 10.2. The summed E-state index contributed by atoms with van der Waals surface area (Å²) in [4.78, 5) is 29.0. The Labute approximate surface area is 200 Å². The lowest BCUT2D eigenvalue weighted by molar-refractivity contribution is -0.119. The molecular weight excluding hydrogens is 489 g/mol. The molecule has 1 aromatic carbocycles. The highest BCUT2D eigenvalue weighted by Crippen LogP contribution is 2.22. The normalized spacial score (nSPS) is 12.4. The van der Waals surface area contributed by atoms with E-state index in [1.54, 1.807) is 31.3 Å². The summed E-state index contributed by atoms with van der Waals surface area (Å²) >= 11 is 11.6. The number of amides is 1. The van der Waals surface area contributed by atoms with Crippen molar-refractivity contribution in [1.29, 1.82) is 0 Å². The van der Waals surface area contributed by atoms with Gasteiger partial charge >= 0.3 is 0 Å². The first-order valence-corrected chi connectivity index (χ1v) is 12.1. The maximum atomic E-state index is 12.8. The van der Waals surface area contributed by atoms with Crippen LogP contribution in [-0.2, 0) is 21.2 Å². The van der Waals surface area contributed by atoms with Gasteiger partial charge in [0.1, 0.15) is 6.04 Å². The summed E-state index contributed by atoms with van der Waals surface area (Å²) in [5.74, 6) is -0.585. The number of benzene rings is 1. The van der Waals surface area contributed by atoms with Gasteiger partial charge in [-0.3, -0.25) is 14.6 Å². The summed E-state index contributed by atoms with van der Waals surface area (Å²) in [6, 6.07) is 9.97. The van der Waals surface area contributed by atoms with Crippen LogP contribution in [0.15, 0.2) is 58.4 Å². The van der Waals surface area contributed by atoms with Crippen LogP contribution in [0.5, 0.6) is 0 Å². The summed E-state index contributed by atoms with van der Waals surface area (Å²) in [5, 5.41) is 6.30. The average molecular weight is 510 g/mol.